The normalized spacial score (nSPS) is 25.6. The van der Waals surface area contributed by atoms with E-state index in [4.69, 9.17) is 9.84 Å². The van der Waals surface area contributed by atoms with Gasteiger partial charge in [0, 0.05) is 0 Å². The number of fused-ring (bicyclic) bond motifs is 1. The van der Waals surface area contributed by atoms with Crippen LogP contribution in [0.2, 0.25) is 0 Å². The minimum atomic E-state index is -4.55. The predicted molar refractivity (Wildman–Crippen MR) is 119 cm³/mol. The number of hydrogen-bond donors (Lipinski definition) is 3. The Balaban J connectivity index is 1.83. The molecule has 2 aliphatic rings. The fraction of sp³-hybridized carbons (Fsp3) is 0.720. The first-order chi connectivity index (χ1) is 15.2. The Morgan fingerprint density at radius 1 is 1.06 bits per heavy atom. The highest BCUT2D eigenvalue weighted by molar-refractivity contribution is 5.65. The van der Waals surface area contributed by atoms with E-state index in [0.717, 1.165) is 25.7 Å². The minimum Gasteiger partial charge on any atom is -0.490 e. The SMILES string of the molecule is CC(C)(C)[C@H]1CC[C@H](Oc2ccc3c(c2C(F)(F)F)CC[C@H]([C@](C)(CO)NC(=O)O)C3)CC1. The van der Waals surface area contributed by atoms with Crippen LogP contribution in [0.15, 0.2) is 12.1 Å². The van der Waals surface area contributed by atoms with Crippen molar-refractivity contribution in [1.29, 1.82) is 0 Å². The van der Waals surface area contributed by atoms with Crippen LogP contribution in [0.3, 0.4) is 0 Å². The molecule has 1 saturated carbocycles. The van der Waals surface area contributed by atoms with E-state index >= 15 is 0 Å². The lowest BCUT2D eigenvalue weighted by Gasteiger charge is -2.40. The summed E-state index contributed by atoms with van der Waals surface area (Å²) in [5.74, 6) is 0.124. The number of aliphatic hydroxyl groups is 1. The van der Waals surface area contributed by atoms with Crippen LogP contribution in [0.1, 0.15) is 76.5 Å². The number of carbonyl (C=O) groups is 1. The highest BCUT2D eigenvalue weighted by Gasteiger charge is 2.43. The molecule has 0 spiro atoms. The van der Waals surface area contributed by atoms with E-state index in [0.29, 0.717) is 17.9 Å². The van der Waals surface area contributed by atoms with Gasteiger partial charge in [-0.25, -0.2) is 4.79 Å². The van der Waals surface area contributed by atoms with Crippen molar-refractivity contribution in [2.24, 2.45) is 17.3 Å². The van der Waals surface area contributed by atoms with Crippen molar-refractivity contribution in [2.45, 2.75) is 90.5 Å². The second kappa shape index (κ2) is 9.35. The number of alkyl halides is 3. The van der Waals surface area contributed by atoms with Crippen molar-refractivity contribution in [1.82, 2.24) is 5.32 Å². The van der Waals surface area contributed by atoms with Crippen LogP contribution in [0, 0.1) is 17.3 Å². The second-order valence-corrected chi connectivity index (χ2v) is 11.0. The number of ether oxygens (including phenoxy) is 1. The number of benzene rings is 1. The molecule has 0 heterocycles. The van der Waals surface area contributed by atoms with Crippen LogP contribution < -0.4 is 10.1 Å². The molecule has 2 atom stereocenters. The fourth-order valence-corrected chi connectivity index (χ4v) is 5.53. The van der Waals surface area contributed by atoms with Crippen molar-refractivity contribution in [3.05, 3.63) is 28.8 Å². The molecule has 1 aromatic carbocycles. The Hall–Kier alpha value is -1.96. The maximum Gasteiger partial charge on any atom is 0.420 e. The largest absolute Gasteiger partial charge is 0.490 e. The molecule has 8 heteroatoms. The second-order valence-electron chi connectivity index (χ2n) is 11.0. The van der Waals surface area contributed by atoms with Crippen molar-refractivity contribution in [3.8, 4) is 5.75 Å². The summed E-state index contributed by atoms with van der Waals surface area (Å²) in [5, 5.41) is 21.3. The number of hydrogen-bond acceptors (Lipinski definition) is 3. The topological polar surface area (TPSA) is 78.8 Å². The van der Waals surface area contributed by atoms with E-state index in [2.05, 4.69) is 26.1 Å². The van der Waals surface area contributed by atoms with Crippen LogP contribution >= 0.6 is 0 Å². The van der Waals surface area contributed by atoms with E-state index in [9.17, 15) is 23.1 Å². The summed E-state index contributed by atoms with van der Waals surface area (Å²) < 4.78 is 48.5. The molecule has 0 bridgehead atoms. The lowest BCUT2D eigenvalue weighted by atomic mass is 9.72. The fourth-order valence-electron chi connectivity index (χ4n) is 5.53. The van der Waals surface area contributed by atoms with E-state index in [1.165, 1.54) is 6.07 Å². The third kappa shape index (κ3) is 5.76. The Labute approximate surface area is 193 Å². The number of rotatable bonds is 5. The van der Waals surface area contributed by atoms with E-state index in [1.807, 2.05) is 0 Å². The average molecular weight is 472 g/mol. The zero-order valence-corrected chi connectivity index (χ0v) is 19.9. The number of amides is 1. The Bertz CT molecular complexity index is 856. The summed E-state index contributed by atoms with van der Waals surface area (Å²) >= 11 is 0. The summed E-state index contributed by atoms with van der Waals surface area (Å²) in [4.78, 5) is 11.2. The van der Waals surface area contributed by atoms with Gasteiger partial charge in [0.05, 0.1) is 18.2 Å². The van der Waals surface area contributed by atoms with Gasteiger partial charge >= 0.3 is 12.3 Å². The van der Waals surface area contributed by atoms with Gasteiger partial charge in [-0.3, -0.25) is 0 Å². The van der Waals surface area contributed by atoms with E-state index in [1.54, 1.807) is 13.0 Å². The zero-order chi connectivity index (χ0) is 24.6. The molecule has 0 radical (unpaired) electrons. The lowest BCUT2D eigenvalue weighted by molar-refractivity contribution is -0.140. The highest BCUT2D eigenvalue weighted by Crippen LogP contribution is 2.46. The molecule has 2 aliphatic carbocycles. The van der Waals surface area contributed by atoms with Gasteiger partial charge in [-0.2, -0.15) is 13.2 Å². The average Bonchev–Trinajstić information content (AvgIpc) is 2.71. The van der Waals surface area contributed by atoms with Gasteiger partial charge < -0.3 is 20.3 Å². The molecule has 1 amide bonds. The minimum absolute atomic E-state index is 0.104. The molecule has 3 N–H and O–H groups in total. The predicted octanol–water partition coefficient (Wildman–Crippen LogP) is 5.81. The van der Waals surface area contributed by atoms with Gasteiger partial charge in [0.2, 0.25) is 0 Å². The van der Waals surface area contributed by atoms with Gasteiger partial charge in [-0.15, -0.1) is 0 Å². The molecule has 1 aromatic rings. The highest BCUT2D eigenvalue weighted by atomic mass is 19.4. The Morgan fingerprint density at radius 3 is 2.21 bits per heavy atom. The molecular weight excluding hydrogens is 435 g/mol. The summed E-state index contributed by atoms with van der Waals surface area (Å²) in [5.41, 5.74) is -0.871. The molecule has 0 saturated heterocycles. The van der Waals surface area contributed by atoms with Crippen LogP contribution in [-0.2, 0) is 19.0 Å². The van der Waals surface area contributed by atoms with E-state index < -0.39 is 30.0 Å². The first-order valence-corrected chi connectivity index (χ1v) is 11.7. The smallest absolute Gasteiger partial charge is 0.420 e. The molecule has 5 nitrogen and oxygen atoms in total. The van der Waals surface area contributed by atoms with Crippen molar-refractivity contribution >= 4 is 6.09 Å². The van der Waals surface area contributed by atoms with Crippen molar-refractivity contribution in [3.63, 3.8) is 0 Å². The Kier molecular flexibility index (Phi) is 7.27. The van der Waals surface area contributed by atoms with E-state index in [-0.39, 0.29) is 41.6 Å². The van der Waals surface area contributed by atoms with Crippen molar-refractivity contribution in [2.75, 3.05) is 6.61 Å². The molecule has 3 rings (SSSR count). The molecule has 0 aliphatic heterocycles. The number of halogens is 3. The van der Waals surface area contributed by atoms with Crippen LogP contribution in [0.25, 0.3) is 0 Å². The zero-order valence-electron chi connectivity index (χ0n) is 19.9. The molecule has 1 fully saturated rings. The first-order valence-electron chi connectivity index (χ1n) is 11.7. The van der Waals surface area contributed by atoms with Gasteiger partial charge in [0.1, 0.15) is 11.3 Å². The first kappa shape index (κ1) is 25.7. The summed E-state index contributed by atoms with van der Waals surface area (Å²) in [6.45, 7) is 7.76. The Morgan fingerprint density at radius 2 is 1.70 bits per heavy atom. The molecule has 186 valence electrons. The van der Waals surface area contributed by atoms with Crippen molar-refractivity contribution < 1.29 is 32.9 Å². The summed E-state index contributed by atoms with van der Waals surface area (Å²) in [7, 11) is 0. The quantitative estimate of drug-likeness (QED) is 0.506. The van der Waals surface area contributed by atoms with Gasteiger partial charge in [-0.1, -0.05) is 26.8 Å². The number of nitrogens with one attached hydrogen (secondary N) is 1. The number of carboxylic acid groups (broad SMARTS) is 1. The monoisotopic (exact) mass is 471 g/mol. The third-order valence-corrected chi connectivity index (χ3v) is 7.68. The molecule has 33 heavy (non-hydrogen) atoms. The summed E-state index contributed by atoms with van der Waals surface area (Å²) in [6, 6.07) is 3.09. The standard InChI is InChI=1S/C25H36F3NO4/c1-23(2,3)16-6-9-18(10-7-16)33-20-12-5-15-13-17(24(4,14-30)29-22(31)32)8-11-19(15)21(20)25(26,27)28/h5,12,16-18,29-30H,6-11,13-14H2,1-4H3,(H,31,32)/t16-,17-,18-,24-/m0/s1. The van der Waals surface area contributed by atoms with Crippen LogP contribution in [0.4, 0.5) is 18.0 Å². The molecule has 0 aromatic heterocycles. The number of aliphatic hydroxyl groups excluding tert-OH is 1. The summed E-state index contributed by atoms with van der Waals surface area (Å²) in [6.07, 6.45) is -1.91. The van der Waals surface area contributed by atoms with Gasteiger partial charge in [0.15, 0.2) is 0 Å². The third-order valence-electron chi connectivity index (χ3n) is 7.68. The maximum absolute atomic E-state index is 14.2. The maximum atomic E-state index is 14.2. The van der Waals surface area contributed by atoms with Gasteiger partial charge in [-0.05, 0) is 86.3 Å². The molecular formula is C25H36F3NO4. The molecule has 0 unspecified atom stereocenters. The van der Waals surface area contributed by atoms with Crippen LogP contribution in [0.5, 0.6) is 5.75 Å². The van der Waals surface area contributed by atoms with Gasteiger partial charge in [0.25, 0.3) is 0 Å². The lowest BCUT2D eigenvalue weighted by Crippen LogP contribution is -2.55. The van der Waals surface area contributed by atoms with Crippen LogP contribution in [-0.4, -0.2) is 34.6 Å².